The van der Waals surface area contributed by atoms with Crippen LogP contribution in [0.2, 0.25) is 0 Å². The summed E-state index contributed by atoms with van der Waals surface area (Å²) >= 11 is 0. The van der Waals surface area contributed by atoms with Crippen LogP contribution in [-0.2, 0) is 4.74 Å². The summed E-state index contributed by atoms with van der Waals surface area (Å²) in [6.45, 7) is 15.9. The van der Waals surface area contributed by atoms with Crippen molar-refractivity contribution < 1.29 is 4.74 Å². The number of unbranched alkanes of at least 4 members (excludes halogenated alkanes) is 1. The average molecular weight is 509 g/mol. The molecule has 3 unspecified atom stereocenters. The van der Waals surface area contributed by atoms with Crippen LogP contribution in [0.25, 0.3) is 0 Å². The molecular weight excluding hydrogens is 463 g/mol. The lowest BCUT2D eigenvalue weighted by Crippen LogP contribution is -2.47. The van der Waals surface area contributed by atoms with Crippen molar-refractivity contribution >= 4 is 29.9 Å². The number of nitrogens with one attached hydrogen (secondary N) is 2. The maximum atomic E-state index is 6.09. The van der Waals surface area contributed by atoms with Crippen LogP contribution in [0.3, 0.4) is 0 Å². The number of rotatable bonds is 7. The highest BCUT2D eigenvalue weighted by Crippen LogP contribution is 2.33. The molecule has 0 radical (unpaired) electrons. The third-order valence-electron chi connectivity index (χ3n) is 5.99. The van der Waals surface area contributed by atoms with E-state index in [2.05, 4.69) is 48.2 Å². The quantitative estimate of drug-likeness (QED) is 0.235. The molecule has 0 aliphatic carbocycles. The molecule has 0 amide bonds. The lowest BCUT2D eigenvalue weighted by molar-refractivity contribution is -0.0835. The summed E-state index contributed by atoms with van der Waals surface area (Å²) in [5.41, 5.74) is 0.190. The van der Waals surface area contributed by atoms with Crippen LogP contribution in [0.4, 0.5) is 0 Å². The number of nitrogens with zero attached hydrogens (tertiary/aromatic N) is 2. The average Bonchev–Trinajstić information content (AvgIpc) is 2.63. The van der Waals surface area contributed by atoms with Crippen LogP contribution in [0.1, 0.15) is 66.2 Å². The van der Waals surface area contributed by atoms with Gasteiger partial charge in [-0.2, -0.15) is 0 Å². The van der Waals surface area contributed by atoms with Crippen LogP contribution >= 0.6 is 24.0 Å². The molecule has 2 heterocycles. The summed E-state index contributed by atoms with van der Waals surface area (Å²) < 4.78 is 6.09. The first-order chi connectivity index (χ1) is 12.9. The van der Waals surface area contributed by atoms with Gasteiger partial charge in [0.1, 0.15) is 0 Å². The molecule has 166 valence electrons. The van der Waals surface area contributed by atoms with Crippen molar-refractivity contribution in [2.24, 2.45) is 22.2 Å². The molecule has 28 heavy (non-hydrogen) atoms. The van der Waals surface area contributed by atoms with E-state index in [1.54, 1.807) is 0 Å². The number of hydrogen-bond acceptors (Lipinski definition) is 3. The summed E-state index contributed by atoms with van der Waals surface area (Å²) in [4.78, 5) is 7.04. The Morgan fingerprint density at radius 3 is 2.61 bits per heavy atom. The molecule has 2 aliphatic rings. The second-order valence-electron chi connectivity index (χ2n) is 9.69. The van der Waals surface area contributed by atoms with E-state index in [-0.39, 0.29) is 29.4 Å². The molecule has 0 bridgehead atoms. The molecule has 2 aliphatic heterocycles. The normalized spacial score (nSPS) is 27.2. The van der Waals surface area contributed by atoms with Crippen LogP contribution < -0.4 is 10.6 Å². The number of halogens is 1. The van der Waals surface area contributed by atoms with Gasteiger partial charge in [-0.25, -0.2) is 0 Å². The minimum atomic E-state index is 0. The minimum Gasteiger partial charge on any atom is -0.377 e. The summed E-state index contributed by atoms with van der Waals surface area (Å²) in [7, 11) is 1.86. The third kappa shape index (κ3) is 9.16. The van der Waals surface area contributed by atoms with Gasteiger partial charge >= 0.3 is 0 Å². The highest BCUT2D eigenvalue weighted by molar-refractivity contribution is 14.0. The highest BCUT2D eigenvalue weighted by Gasteiger charge is 2.35. The van der Waals surface area contributed by atoms with Gasteiger partial charge in [0.25, 0.3) is 0 Å². The third-order valence-corrected chi connectivity index (χ3v) is 5.99. The first-order valence-corrected chi connectivity index (χ1v) is 11.2. The SMILES string of the molecule is CN=C(NCCCCN1CCCC(C)C1)NCC1CCCOC1C(C)(C)C.I. The molecule has 0 saturated carbocycles. The molecule has 0 spiro atoms. The Kier molecular flexibility index (Phi) is 12.3. The Labute approximate surface area is 190 Å². The number of ether oxygens (including phenoxy) is 1. The Hall–Kier alpha value is -0.0800. The van der Waals surface area contributed by atoms with Gasteiger partial charge in [-0.05, 0) is 62.9 Å². The Balaban J connectivity index is 0.00000392. The zero-order valence-electron chi connectivity index (χ0n) is 18.9. The summed E-state index contributed by atoms with van der Waals surface area (Å²) in [5, 5.41) is 7.02. The molecule has 2 saturated heterocycles. The summed E-state index contributed by atoms with van der Waals surface area (Å²) in [5.74, 6) is 2.36. The van der Waals surface area contributed by atoms with Gasteiger partial charge < -0.3 is 20.3 Å². The van der Waals surface area contributed by atoms with Crippen LogP contribution in [0.15, 0.2) is 4.99 Å². The molecule has 0 aromatic rings. The van der Waals surface area contributed by atoms with E-state index in [4.69, 9.17) is 4.74 Å². The fourth-order valence-corrected chi connectivity index (χ4v) is 4.61. The molecule has 2 rings (SSSR count). The van der Waals surface area contributed by atoms with Gasteiger partial charge in [-0.1, -0.05) is 27.7 Å². The van der Waals surface area contributed by atoms with Crippen molar-refractivity contribution in [3.8, 4) is 0 Å². The number of aliphatic imine (C=N–C) groups is 1. The molecule has 0 aromatic heterocycles. The van der Waals surface area contributed by atoms with Crippen molar-refractivity contribution in [2.45, 2.75) is 72.3 Å². The van der Waals surface area contributed by atoms with Crippen LogP contribution in [0, 0.1) is 17.3 Å². The van der Waals surface area contributed by atoms with E-state index < -0.39 is 0 Å². The van der Waals surface area contributed by atoms with E-state index in [9.17, 15) is 0 Å². The topological polar surface area (TPSA) is 48.9 Å². The van der Waals surface area contributed by atoms with Crippen molar-refractivity contribution in [3.63, 3.8) is 0 Å². The highest BCUT2D eigenvalue weighted by atomic mass is 127. The van der Waals surface area contributed by atoms with Gasteiger partial charge in [0, 0.05) is 39.2 Å². The zero-order chi connectivity index (χ0) is 19.7. The number of guanidine groups is 1. The zero-order valence-corrected chi connectivity index (χ0v) is 21.3. The van der Waals surface area contributed by atoms with E-state index in [0.717, 1.165) is 31.6 Å². The van der Waals surface area contributed by atoms with Gasteiger partial charge in [0.05, 0.1) is 6.10 Å². The molecule has 2 N–H and O–H groups in total. The van der Waals surface area contributed by atoms with Crippen molar-refractivity contribution in [2.75, 3.05) is 46.4 Å². The first-order valence-electron chi connectivity index (χ1n) is 11.2. The number of piperidine rings is 1. The Bertz CT molecular complexity index is 452. The monoisotopic (exact) mass is 508 g/mol. The standard InChI is InChI=1S/C22H44N4O.HI/c1-18-10-8-14-26(17-18)13-7-6-12-24-21(23-5)25-16-19-11-9-15-27-20(19)22(2,3)4;/h18-20H,6-17H2,1-5H3,(H2,23,24,25);1H. The first kappa shape index (κ1) is 26.0. The number of likely N-dealkylation sites (tertiary alicyclic amines) is 1. The smallest absolute Gasteiger partial charge is 0.190 e. The van der Waals surface area contributed by atoms with E-state index >= 15 is 0 Å². The molecule has 2 fully saturated rings. The van der Waals surface area contributed by atoms with Crippen molar-refractivity contribution in [1.29, 1.82) is 0 Å². The lowest BCUT2D eigenvalue weighted by Gasteiger charge is -2.40. The minimum absolute atomic E-state index is 0. The molecule has 6 heteroatoms. The predicted molar refractivity (Wildman–Crippen MR) is 131 cm³/mol. The predicted octanol–water partition coefficient (Wildman–Crippen LogP) is 4.12. The van der Waals surface area contributed by atoms with Gasteiger partial charge in [0.2, 0.25) is 0 Å². The second-order valence-corrected chi connectivity index (χ2v) is 9.69. The molecule has 3 atom stereocenters. The van der Waals surface area contributed by atoms with Gasteiger partial charge in [-0.3, -0.25) is 4.99 Å². The van der Waals surface area contributed by atoms with Crippen molar-refractivity contribution in [3.05, 3.63) is 0 Å². The van der Waals surface area contributed by atoms with Gasteiger partial charge in [0.15, 0.2) is 5.96 Å². The second kappa shape index (κ2) is 13.3. The fraction of sp³-hybridized carbons (Fsp3) is 0.955. The summed E-state index contributed by atoms with van der Waals surface area (Å²) in [6.07, 6.45) is 7.96. The molecule has 0 aromatic carbocycles. The summed E-state index contributed by atoms with van der Waals surface area (Å²) in [6, 6.07) is 0. The fourth-order valence-electron chi connectivity index (χ4n) is 4.61. The van der Waals surface area contributed by atoms with Crippen LogP contribution in [0.5, 0.6) is 0 Å². The lowest BCUT2D eigenvalue weighted by atomic mass is 9.78. The van der Waals surface area contributed by atoms with E-state index in [1.165, 1.54) is 58.2 Å². The number of hydrogen-bond donors (Lipinski definition) is 2. The van der Waals surface area contributed by atoms with E-state index in [0.29, 0.717) is 12.0 Å². The Morgan fingerprint density at radius 1 is 1.14 bits per heavy atom. The van der Waals surface area contributed by atoms with Crippen LogP contribution in [-0.4, -0.2) is 63.3 Å². The van der Waals surface area contributed by atoms with Crippen molar-refractivity contribution in [1.82, 2.24) is 15.5 Å². The van der Waals surface area contributed by atoms with E-state index in [1.807, 2.05) is 7.05 Å². The molecular formula is C22H45IN4O. The maximum Gasteiger partial charge on any atom is 0.190 e. The maximum absolute atomic E-state index is 6.09. The molecule has 5 nitrogen and oxygen atoms in total. The Morgan fingerprint density at radius 2 is 1.93 bits per heavy atom. The van der Waals surface area contributed by atoms with Gasteiger partial charge in [-0.15, -0.1) is 24.0 Å². The largest absolute Gasteiger partial charge is 0.377 e.